The molecule has 18 heavy (non-hydrogen) atoms. The highest BCUT2D eigenvalue weighted by atomic mass is 35.5. The molecule has 100 valence electrons. The van der Waals surface area contributed by atoms with Gasteiger partial charge in [-0.3, -0.25) is 9.78 Å². The van der Waals surface area contributed by atoms with Gasteiger partial charge in [0.1, 0.15) is 0 Å². The summed E-state index contributed by atoms with van der Waals surface area (Å²) < 4.78 is 4.90. The van der Waals surface area contributed by atoms with Gasteiger partial charge in [-0.25, -0.2) is 0 Å². The Morgan fingerprint density at radius 3 is 2.94 bits per heavy atom. The number of pyridine rings is 1. The van der Waals surface area contributed by atoms with Gasteiger partial charge in [-0.2, -0.15) is 0 Å². The number of hydrogen-bond donors (Lipinski definition) is 2. The van der Waals surface area contributed by atoms with Crippen molar-refractivity contribution < 1.29 is 14.6 Å². The van der Waals surface area contributed by atoms with Crippen LogP contribution >= 0.6 is 11.6 Å². The van der Waals surface area contributed by atoms with E-state index in [4.69, 9.17) is 21.4 Å². The second-order valence-corrected chi connectivity index (χ2v) is 4.35. The standard InChI is InChI=1S/C12H17ClN2O3/c1-8-5-11(13)10(6-14-8)12(17)15-9(7-16)3-4-18-2/h5-6,9,16H,3-4,7H2,1-2H3,(H,15,17). The molecular weight excluding hydrogens is 256 g/mol. The Morgan fingerprint density at radius 2 is 2.39 bits per heavy atom. The van der Waals surface area contributed by atoms with Crippen molar-refractivity contribution in [1.82, 2.24) is 10.3 Å². The molecule has 1 aromatic heterocycles. The van der Waals surface area contributed by atoms with E-state index in [1.165, 1.54) is 6.20 Å². The van der Waals surface area contributed by atoms with Crippen molar-refractivity contribution in [2.75, 3.05) is 20.3 Å². The van der Waals surface area contributed by atoms with Gasteiger partial charge < -0.3 is 15.2 Å². The number of methoxy groups -OCH3 is 1. The van der Waals surface area contributed by atoms with Crippen LogP contribution < -0.4 is 5.32 Å². The van der Waals surface area contributed by atoms with Crippen LogP contribution in [0.4, 0.5) is 0 Å². The number of nitrogens with one attached hydrogen (secondary N) is 1. The number of ether oxygens (including phenoxy) is 1. The van der Waals surface area contributed by atoms with Crippen LogP contribution in [0.25, 0.3) is 0 Å². The quantitative estimate of drug-likeness (QED) is 0.815. The van der Waals surface area contributed by atoms with Crippen molar-refractivity contribution in [1.29, 1.82) is 0 Å². The lowest BCUT2D eigenvalue weighted by atomic mass is 10.2. The molecule has 0 aliphatic carbocycles. The van der Waals surface area contributed by atoms with Gasteiger partial charge in [-0.15, -0.1) is 0 Å². The van der Waals surface area contributed by atoms with Gasteiger partial charge in [0.05, 0.1) is 23.2 Å². The summed E-state index contributed by atoms with van der Waals surface area (Å²) in [4.78, 5) is 15.9. The van der Waals surface area contributed by atoms with Crippen LogP contribution in [0.15, 0.2) is 12.3 Å². The van der Waals surface area contributed by atoms with E-state index in [0.29, 0.717) is 23.6 Å². The van der Waals surface area contributed by atoms with E-state index in [0.717, 1.165) is 5.69 Å². The van der Waals surface area contributed by atoms with Gasteiger partial charge in [-0.05, 0) is 19.4 Å². The number of aliphatic hydroxyl groups is 1. The average molecular weight is 273 g/mol. The first-order valence-corrected chi connectivity index (χ1v) is 5.99. The molecule has 0 saturated heterocycles. The van der Waals surface area contributed by atoms with Gasteiger partial charge in [0.25, 0.3) is 5.91 Å². The maximum atomic E-state index is 11.9. The molecule has 1 atom stereocenters. The molecule has 0 bridgehead atoms. The van der Waals surface area contributed by atoms with E-state index >= 15 is 0 Å². The highest BCUT2D eigenvalue weighted by molar-refractivity contribution is 6.33. The van der Waals surface area contributed by atoms with E-state index in [-0.39, 0.29) is 18.6 Å². The molecule has 0 radical (unpaired) electrons. The second kappa shape index (κ2) is 7.31. The Morgan fingerprint density at radius 1 is 1.67 bits per heavy atom. The topological polar surface area (TPSA) is 71.5 Å². The number of aliphatic hydroxyl groups excluding tert-OH is 1. The fourth-order valence-electron chi connectivity index (χ4n) is 1.43. The highest BCUT2D eigenvalue weighted by Crippen LogP contribution is 2.15. The smallest absolute Gasteiger partial charge is 0.254 e. The number of halogens is 1. The van der Waals surface area contributed by atoms with Crippen molar-refractivity contribution >= 4 is 17.5 Å². The molecule has 0 aliphatic heterocycles. The molecule has 1 unspecified atom stereocenters. The molecule has 0 fully saturated rings. The van der Waals surface area contributed by atoms with Crippen LogP contribution in [-0.4, -0.2) is 42.4 Å². The van der Waals surface area contributed by atoms with Gasteiger partial charge in [0.2, 0.25) is 0 Å². The lowest BCUT2D eigenvalue weighted by molar-refractivity contribution is 0.0894. The monoisotopic (exact) mass is 272 g/mol. The Balaban J connectivity index is 2.68. The van der Waals surface area contributed by atoms with Crippen LogP contribution in [0.2, 0.25) is 5.02 Å². The van der Waals surface area contributed by atoms with Crippen molar-refractivity contribution in [2.45, 2.75) is 19.4 Å². The van der Waals surface area contributed by atoms with Gasteiger partial charge in [0, 0.05) is 25.6 Å². The normalized spacial score (nSPS) is 12.2. The predicted octanol–water partition coefficient (Wildman–Crippen LogP) is 1.17. The van der Waals surface area contributed by atoms with Crippen LogP contribution in [0.3, 0.4) is 0 Å². The van der Waals surface area contributed by atoms with Crippen LogP contribution in [0, 0.1) is 6.92 Å². The molecular formula is C12H17ClN2O3. The zero-order chi connectivity index (χ0) is 13.5. The highest BCUT2D eigenvalue weighted by Gasteiger charge is 2.15. The first-order valence-electron chi connectivity index (χ1n) is 5.61. The van der Waals surface area contributed by atoms with Crippen LogP contribution in [0.1, 0.15) is 22.5 Å². The number of aryl methyl sites for hydroxylation is 1. The number of hydrogen-bond acceptors (Lipinski definition) is 4. The first kappa shape index (κ1) is 14.9. The molecule has 1 heterocycles. The molecule has 0 saturated carbocycles. The number of nitrogens with zero attached hydrogens (tertiary/aromatic N) is 1. The largest absolute Gasteiger partial charge is 0.394 e. The minimum Gasteiger partial charge on any atom is -0.394 e. The summed E-state index contributed by atoms with van der Waals surface area (Å²) in [6.45, 7) is 2.11. The van der Waals surface area contributed by atoms with Crippen molar-refractivity contribution in [2.24, 2.45) is 0 Å². The molecule has 0 spiro atoms. The predicted molar refractivity (Wildman–Crippen MR) is 68.8 cm³/mol. The lowest BCUT2D eigenvalue weighted by Crippen LogP contribution is -2.38. The Hall–Kier alpha value is -1.17. The molecule has 5 nitrogen and oxygen atoms in total. The maximum absolute atomic E-state index is 11.9. The Bertz CT molecular complexity index is 412. The number of amides is 1. The van der Waals surface area contributed by atoms with Gasteiger partial charge in [0.15, 0.2) is 0 Å². The zero-order valence-corrected chi connectivity index (χ0v) is 11.2. The molecule has 6 heteroatoms. The molecule has 1 rings (SSSR count). The van der Waals surface area contributed by atoms with Crippen molar-refractivity contribution in [3.8, 4) is 0 Å². The SMILES string of the molecule is COCCC(CO)NC(=O)c1cnc(C)cc1Cl. The van der Waals surface area contributed by atoms with Crippen LogP contribution in [-0.2, 0) is 4.74 Å². The Labute approximate surface area is 111 Å². The molecule has 2 N–H and O–H groups in total. The zero-order valence-electron chi connectivity index (χ0n) is 10.4. The summed E-state index contributed by atoms with van der Waals surface area (Å²) >= 11 is 5.97. The number of carbonyl (C=O) groups is 1. The van der Waals surface area contributed by atoms with E-state index in [1.54, 1.807) is 20.1 Å². The van der Waals surface area contributed by atoms with Gasteiger partial charge in [-0.1, -0.05) is 11.6 Å². The summed E-state index contributed by atoms with van der Waals surface area (Å²) in [5, 5.41) is 12.2. The van der Waals surface area contributed by atoms with Gasteiger partial charge >= 0.3 is 0 Å². The minimum absolute atomic E-state index is 0.147. The molecule has 1 amide bonds. The average Bonchev–Trinajstić information content (AvgIpc) is 2.34. The third-order valence-electron chi connectivity index (χ3n) is 2.46. The number of carbonyl (C=O) groups excluding carboxylic acids is 1. The van der Waals surface area contributed by atoms with E-state index < -0.39 is 0 Å². The molecule has 0 aromatic carbocycles. The summed E-state index contributed by atoms with van der Waals surface area (Å²) in [5.41, 5.74) is 1.05. The second-order valence-electron chi connectivity index (χ2n) is 3.94. The minimum atomic E-state index is -0.352. The van der Waals surface area contributed by atoms with E-state index in [9.17, 15) is 4.79 Å². The summed E-state index contributed by atoms with van der Waals surface area (Å²) in [6.07, 6.45) is 1.97. The lowest BCUT2D eigenvalue weighted by Gasteiger charge is -2.16. The summed E-state index contributed by atoms with van der Waals surface area (Å²) in [5.74, 6) is -0.345. The third kappa shape index (κ3) is 4.25. The Kier molecular flexibility index (Phi) is 6.04. The van der Waals surface area contributed by atoms with Crippen molar-refractivity contribution in [3.05, 3.63) is 28.5 Å². The molecule has 1 aromatic rings. The van der Waals surface area contributed by atoms with Crippen molar-refractivity contribution in [3.63, 3.8) is 0 Å². The van der Waals surface area contributed by atoms with E-state index in [1.807, 2.05) is 0 Å². The molecule has 0 aliphatic rings. The van der Waals surface area contributed by atoms with E-state index in [2.05, 4.69) is 10.3 Å². The third-order valence-corrected chi connectivity index (χ3v) is 2.77. The fourth-order valence-corrected chi connectivity index (χ4v) is 1.72. The number of rotatable bonds is 6. The number of aromatic nitrogens is 1. The summed E-state index contributed by atoms with van der Waals surface area (Å²) in [7, 11) is 1.57. The maximum Gasteiger partial charge on any atom is 0.254 e. The summed E-state index contributed by atoms with van der Waals surface area (Å²) in [6, 6.07) is 1.27. The van der Waals surface area contributed by atoms with Crippen LogP contribution in [0.5, 0.6) is 0 Å². The first-order chi connectivity index (χ1) is 8.58. The fraction of sp³-hybridized carbons (Fsp3) is 0.500.